The first kappa shape index (κ1) is 13.9. The number of halogens is 1. The van der Waals surface area contributed by atoms with Crippen molar-refractivity contribution < 1.29 is 4.74 Å². The molecule has 1 aliphatic heterocycles. The summed E-state index contributed by atoms with van der Waals surface area (Å²) < 4.78 is 5.52. The lowest BCUT2D eigenvalue weighted by Gasteiger charge is -2.26. The second kappa shape index (κ2) is 6.58. The van der Waals surface area contributed by atoms with Gasteiger partial charge in [0.25, 0.3) is 0 Å². The maximum Gasteiger partial charge on any atom is 0.0635 e. The smallest absolute Gasteiger partial charge is 0.0635 e. The highest BCUT2D eigenvalue weighted by molar-refractivity contribution is 6.21. The molecule has 0 N–H and O–H groups in total. The Bertz CT molecular complexity index is 354. The summed E-state index contributed by atoms with van der Waals surface area (Å²) in [5.74, 6) is 1.10. The largest absolute Gasteiger partial charge is 0.381 e. The molecule has 2 rings (SSSR count). The van der Waals surface area contributed by atoms with Crippen molar-refractivity contribution in [2.24, 2.45) is 5.92 Å². The number of benzene rings is 1. The zero-order valence-corrected chi connectivity index (χ0v) is 12.1. The molecule has 1 fully saturated rings. The fourth-order valence-corrected chi connectivity index (χ4v) is 2.86. The molecule has 100 valence electrons. The molecule has 0 amide bonds. The van der Waals surface area contributed by atoms with E-state index in [2.05, 4.69) is 38.1 Å². The van der Waals surface area contributed by atoms with Crippen molar-refractivity contribution in [1.29, 1.82) is 0 Å². The van der Waals surface area contributed by atoms with Gasteiger partial charge in [-0.2, -0.15) is 0 Å². The fraction of sp³-hybridized carbons (Fsp3) is 0.625. The molecule has 0 saturated carbocycles. The van der Waals surface area contributed by atoms with Crippen LogP contribution in [0.3, 0.4) is 0 Å². The number of hydrogen-bond acceptors (Lipinski definition) is 1. The van der Waals surface area contributed by atoms with Crippen LogP contribution in [0.15, 0.2) is 24.3 Å². The van der Waals surface area contributed by atoms with Crippen molar-refractivity contribution in [3.05, 3.63) is 35.4 Å². The number of alkyl halides is 1. The van der Waals surface area contributed by atoms with Crippen LogP contribution in [-0.4, -0.2) is 13.2 Å². The SMILES string of the molecule is CCC(C)c1ccc(C(Cl)C2CCCOC2)cc1. The lowest BCUT2D eigenvalue weighted by atomic mass is 9.91. The van der Waals surface area contributed by atoms with Crippen LogP contribution in [-0.2, 0) is 4.74 Å². The van der Waals surface area contributed by atoms with E-state index in [9.17, 15) is 0 Å². The highest BCUT2D eigenvalue weighted by atomic mass is 35.5. The molecule has 1 aromatic rings. The Labute approximate surface area is 115 Å². The van der Waals surface area contributed by atoms with Crippen LogP contribution >= 0.6 is 11.6 Å². The minimum atomic E-state index is 0.0938. The second-order valence-corrected chi connectivity index (χ2v) is 5.83. The molecule has 0 aliphatic carbocycles. The maximum atomic E-state index is 6.57. The minimum Gasteiger partial charge on any atom is -0.381 e. The molecule has 2 heteroatoms. The molecule has 0 bridgehead atoms. The highest BCUT2D eigenvalue weighted by Gasteiger charge is 2.23. The van der Waals surface area contributed by atoms with Gasteiger partial charge in [0.05, 0.1) is 12.0 Å². The summed E-state index contributed by atoms with van der Waals surface area (Å²) >= 11 is 6.57. The van der Waals surface area contributed by atoms with Crippen molar-refractivity contribution in [2.45, 2.75) is 44.4 Å². The molecule has 3 atom stereocenters. The van der Waals surface area contributed by atoms with Gasteiger partial charge in [-0.3, -0.25) is 0 Å². The lowest BCUT2D eigenvalue weighted by molar-refractivity contribution is 0.0531. The average Bonchev–Trinajstić information content (AvgIpc) is 2.47. The van der Waals surface area contributed by atoms with Gasteiger partial charge < -0.3 is 4.74 Å². The summed E-state index contributed by atoms with van der Waals surface area (Å²) in [6, 6.07) is 8.83. The van der Waals surface area contributed by atoms with Crippen LogP contribution < -0.4 is 0 Å². The summed E-state index contributed by atoms with van der Waals surface area (Å²) in [6.45, 7) is 6.19. The molecule has 0 spiro atoms. The standard InChI is InChI=1S/C16H23ClO/c1-3-12(2)13-6-8-14(9-7-13)16(17)15-5-4-10-18-11-15/h6-9,12,15-16H,3-5,10-11H2,1-2H3. The van der Waals surface area contributed by atoms with E-state index < -0.39 is 0 Å². The van der Waals surface area contributed by atoms with Crippen LogP contribution in [0.25, 0.3) is 0 Å². The molecule has 0 aromatic heterocycles. The van der Waals surface area contributed by atoms with Crippen LogP contribution in [0.4, 0.5) is 0 Å². The normalized spacial score (nSPS) is 23.6. The topological polar surface area (TPSA) is 9.23 Å². The van der Waals surface area contributed by atoms with Gasteiger partial charge in [0, 0.05) is 12.5 Å². The van der Waals surface area contributed by atoms with E-state index in [1.807, 2.05) is 0 Å². The monoisotopic (exact) mass is 266 g/mol. The van der Waals surface area contributed by atoms with Crippen LogP contribution in [0.5, 0.6) is 0 Å². The Hall–Kier alpha value is -0.530. The lowest BCUT2D eigenvalue weighted by Crippen LogP contribution is -2.21. The summed E-state index contributed by atoms with van der Waals surface area (Å²) in [7, 11) is 0. The molecule has 1 saturated heterocycles. The predicted octanol–water partition coefficient (Wildman–Crippen LogP) is 4.91. The Morgan fingerprint density at radius 1 is 1.28 bits per heavy atom. The quantitative estimate of drug-likeness (QED) is 0.704. The predicted molar refractivity (Wildman–Crippen MR) is 77.3 cm³/mol. The zero-order chi connectivity index (χ0) is 13.0. The summed E-state index contributed by atoms with van der Waals surface area (Å²) in [6.07, 6.45) is 3.50. The van der Waals surface area contributed by atoms with E-state index in [0.717, 1.165) is 19.6 Å². The Morgan fingerprint density at radius 3 is 2.50 bits per heavy atom. The van der Waals surface area contributed by atoms with Gasteiger partial charge in [0.1, 0.15) is 0 Å². The third-order valence-electron chi connectivity index (χ3n) is 4.05. The third-order valence-corrected chi connectivity index (χ3v) is 4.65. The van der Waals surface area contributed by atoms with Crippen molar-refractivity contribution in [2.75, 3.05) is 13.2 Å². The van der Waals surface area contributed by atoms with Crippen molar-refractivity contribution in [1.82, 2.24) is 0 Å². The van der Waals surface area contributed by atoms with E-state index >= 15 is 0 Å². The Balaban J connectivity index is 2.03. The molecule has 18 heavy (non-hydrogen) atoms. The van der Waals surface area contributed by atoms with Gasteiger partial charge in [-0.05, 0) is 36.3 Å². The van der Waals surface area contributed by atoms with Crippen molar-refractivity contribution >= 4 is 11.6 Å². The van der Waals surface area contributed by atoms with Crippen molar-refractivity contribution in [3.63, 3.8) is 0 Å². The van der Waals surface area contributed by atoms with E-state index in [0.29, 0.717) is 11.8 Å². The zero-order valence-electron chi connectivity index (χ0n) is 11.4. The van der Waals surface area contributed by atoms with Gasteiger partial charge >= 0.3 is 0 Å². The average molecular weight is 267 g/mol. The molecule has 1 nitrogen and oxygen atoms in total. The van der Waals surface area contributed by atoms with E-state index in [1.54, 1.807) is 0 Å². The van der Waals surface area contributed by atoms with Crippen LogP contribution in [0.1, 0.15) is 55.5 Å². The summed E-state index contributed by atoms with van der Waals surface area (Å²) in [5.41, 5.74) is 2.64. The molecule has 0 radical (unpaired) electrons. The Morgan fingerprint density at radius 2 is 1.94 bits per heavy atom. The van der Waals surface area contributed by atoms with E-state index in [4.69, 9.17) is 16.3 Å². The van der Waals surface area contributed by atoms with Gasteiger partial charge in [-0.25, -0.2) is 0 Å². The Kier molecular flexibility index (Phi) is 5.08. The van der Waals surface area contributed by atoms with Crippen molar-refractivity contribution in [3.8, 4) is 0 Å². The number of ether oxygens (including phenoxy) is 1. The van der Waals surface area contributed by atoms with Crippen LogP contribution in [0, 0.1) is 5.92 Å². The molecule has 1 aliphatic rings. The minimum absolute atomic E-state index is 0.0938. The first-order valence-electron chi connectivity index (χ1n) is 7.04. The number of hydrogen-bond donors (Lipinski definition) is 0. The van der Waals surface area contributed by atoms with E-state index in [1.165, 1.54) is 24.0 Å². The first-order valence-corrected chi connectivity index (χ1v) is 7.47. The molecular formula is C16H23ClO. The molecular weight excluding hydrogens is 244 g/mol. The second-order valence-electron chi connectivity index (χ2n) is 5.35. The molecule has 3 unspecified atom stereocenters. The van der Waals surface area contributed by atoms with Crippen LogP contribution in [0.2, 0.25) is 0 Å². The van der Waals surface area contributed by atoms with Gasteiger partial charge in [-0.1, -0.05) is 38.1 Å². The van der Waals surface area contributed by atoms with Gasteiger partial charge in [-0.15, -0.1) is 11.6 Å². The van der Waals surface area contributed by atoms with E-state index in [-0.39, 0.29) is 5.38 Å². The van der Waals surface area contributed by atoms with Gasteiger partial charge in [0.15, 0.2) is 0 Å². The third kappa shape index (κ3) is 3.27. The molecule has 1 aromatic carbocycles. The highest BCUT2D eigenvalue weighted by Crippen LogP contribution is 2.34. The summed E-state index contributed by atoms with van der Waals surface area (Å²) in [5, 5.41) is 0.0938. The fourth-order valence-electron chi connectivity index (χ4n) is 2.51. The first-order chi connectivity index (χ1) is 8.72. The number of rotatable bonds is 4. The maximum absolute atomic E-state index is 6.57. The van der Waals surface area contributed by atoms with Gasteiger partial charge in [0.2, 0.25) is 0 Å². The molecule has 1 heterocycles. The summed E-state index contributed by atoms with van der Waals surface area (Å²) in [4.78, 5) is 0.